The van der Waals surface area contributed by atoms with Gasteiger partial charge in [-0.3, -0.25) is 0 Å². The third-order valence-electron chi connectivity index (χ3n) is 7.58. The molecule has 4 bridgehead atoms. The molecule has 0 aliphatic heterocycles. The molecule has 2 aromatic rings. The summed E-state index contributed by atoms with van der Waals surface area (Å²) in [5.74, 6) is 4.87. The first kappa shape index (κ1) is 18.1. The van der Waals surface area contributed by atoms with Crippen molar-refractivity contribution in [2.24, 2.45) is 23.2 Å². The molecule has 0 saturated heterocycles. The van der Waals surface area contributed by atoms with Gasteiger partial charge >= 0.3 is 0 Å². The fraction of sp³-hybridized carbons (Fsp3) is 0.565. The second-order valence-electron chi connectivity index (χ2n) is 9.40. The second-order valence-corrected chi connectivity index (χ2v) is 10.2. The van der Waals surface area contributed by atoms with Crippen LogP contribution in [0.5, 0.6) is 0 Å². The minimum absolute atomic E-state index is 0.573. The van der Waals surface area contributed by atoms with Crippen LogP contribution >= 0.6 is 23.2 Å². The first-order valence-corrected chi connectivity index (χ1v) is 11.1. The third-order valence-corrected chi connectivity index (χ3v) is 8.13. The molecule has 1 aromatic carbocycles. The van der Waals surface area contributed by atoms with Crippen LogP contribution in [-0.2, 0) is 6.54 Å². The van der Waals surface area contributed by atoms with Crippen LogP contribution in [0.25, 0.3) is 11.3 Å². The zero-order valence-corrected chi connectivity index (χ0v) is 17.4. The van der Waals surface area contributed by atoms with E-state index in [1.165, 1.54) is 38.5 Å². The van der Waals surface area contributed by atoms with Crippen molar-refractivity contribution < 1.29 is 9.73 Å². The fourth-order valence-electron chi connectivity index (χ4n) is 6.60. The van der Waals surface area contributed by atoms with Crippen molar-refractivity contribution in [3.8, 4) is 11.3 Å². The fourth-order valence-corrected chi connectivity index (χ4v) is 7.10. The predicted octanol–water partition coefficient (Wildman–Crippen LogP) is 5.92. The van der Waals surface area contributed by atoms with Gasteiger partial charge in [-0.2, -0.15) is 0 Å². The van der Waals surface area contributed by atoms with Gasteiger partial charge in [0.1, 0.15) is 12.3 Å². The van der Waals surface area contributed by atoms with Crippen molar-refractivity contribution in [2.75, 3.05) is 0 Å². The molecular formula is C23H28Cl2NO+. The standard InChI is InChI=1S/C23H27Cl2NO/c1-14(23-10-15-6-16(11-23)8-17(7-15)12-23)26-13-19-3-5-22(27-19)20-4-2-18(24)9-21(20)25/h2-5,9,14-17,26H,6-8,10-13H2,1H3/p+1/t14-,15?,16?,17?,23?/m1/s1. The van der Waals surface area contributed by atoms with Crippen molar-refractivity contribution in [3.63, 3.8) is 0 Å². The van der Waals surface area contributed by atoms with Gasteiger partial charge in [0, 0.05) is 16.0 Å². The zero-order chi connectivity index (χ0) is 18.6. The Morgan fingerprint density at radius 3 is 2.33 bits per heavy atom. The van der Waals surface area contributed by atoms with Crippen molar-refractivity contribution >= 4 is 23.2 Å². The normalized spacial score (nSPS) is 32.8. The minimum Gasteiger partial charge on any atom is -0.455 e. The average Bonchev–Trinajstić information content (AvgIpc) is 3.07. The topological polar surface area (TPSA) is 29.8 Å². The summed E-state index contributed by atoms with van der Waals surface area (Å²) in [6, 6.07) is 10.3. The number of rotatable bonds is 5. The molecule has 1 heterocycles. The Labute approximate surface area is 171 Å². The van der Waals surface area contributed by atoms with Crippen molar-refractivity contribution in [1.82, 2.24) is 0 Å². The highest BCUT2D eigenvalue weighted by Crippen LogP contribution is 2.60. The minimum atomic E-state index is 0.573. The lowest BCUT2D eigenvalue weighted by molar-refractivity contribution is -0.718. The van der Waals surface area contributed by atoms with E-state index in [0.29, 0.717) is 21.5 Å². The third kappa shape index (κ3) is 3.34. The number of furan rings is 1. The van der Waals surface area contributed by atoms with E-state index in [4.69, 9.17) is 27.6 Å². The van der Waals surface area contributed by atoms with E-state index in [1.807, 2.05) is 18.2 Å². The van der Waals surface area contributed by atoms with Crippen LogP contribution < -0.4 is 5.32 Å². The molecule has 0 spiro atoms. The monoisotopic (exact) mass is 404 g/mol. The van der Waals surface area contributed by atoms with Gasteiger partial charge in [-0.25, -0.2) is 0 Å². The van der Waals surface area contributed by atoms with Gasteiger partial charge in [0.25, 0.3) is 0 Å². The molecule has 2 N–H and O–H groups in total. The SMILES string of the molecule is C[C@@H]([NH2+]Cc1ccc(-c2ccc(Cl)cc2Cl)o1)C12CC3CC(CC(C3)C1)C2. The van der Waals surface area contributed by atoms with Crippen LogP contribution in [0.15, 0.2) is 34.7 Å². The Kier molecular flexibility index (Phi) is 4.57. The second kappa shape index (κ2) is 6.83. The molecule has 4 saturated carbocycles. The van der Waals surface area contributed by atoms with Crippen LogP contribution in [0, 0.1) is 23.2 Å². The van der Waals surface area contributed by atoms with Gasteiger partial charge in [-0.05, 0) is 93.5 Å². The molecule has 0 unspecified atom stereocenters. The number of halogens is 2. The van der Waals surface area contributed by atoms with Crippen molar-refractivity contribution in [1.29, 1.82) is 0 Å². The molecule has 4 aliphatic rings. The van der Waals surface area contributed by atoms with Crippen LogP contribution in [0.3, 0.4) is 0 Å². The highest BCUT2D eigenvalue weighted by atomic mass is 35.5. The summed E-state index contributed by atoms with van der Waals surface area (Å²) in [5.41, 5.74) is 1.48. The maximum absolute atomic E-state index is 6.33. The largest absolute Gasteiger partial charge is 0.455 e. The molecule has 4 aliphatic carbocycles. The van der Waals surface area contributed by atoms with Crippen LogP contribution in [0.1, 0.15) is 51.2 Å². The molecule has 2 nitrogen and oxygen atoms in total. The molecule has 0 radical (unpaired) electrons. The summed E-state index contributed by atoms with van der Waals surface area (Å²) in [5, 5.41) is 3.79. The Hall–Kier alpha value is -0.960. The molecule has 1 aromatic heterocycles. The summed E-state index contributed by atoms with van der Waals surface area (Å²) in [7, 11) is 0. The van der Waals surface area contributed by atoms with Gasteiger partial charge in [-0.1, -0.05) is 23.2 Å². The molecule has 1 atom stereocenters. The van der Waals surface area contributed by atoms with E-state index < -0.39 is 0 Å². The van der Waals surface area contributed by atoms with E-state index in [1.54, 1.807) is 6.07 Å². The maximum Gasteiger partial charge on any atom is 0.158 e. The summed E-state index contributed by atoms with van der Waals surface area (Å²) >= 11 is 12.3. The van der Waals surface area contributed by atoms with E-state index in [-0.39, 0.29) is 0 Å². The van der Waals surface area contributed by atoms with E-state index >= 15 is 0 Å². The lowest BCUT2D eigenvalue weighted by Crippen LogP contribution is -2.91. The van der Waals surface area contributed by atoms with Crippen LogP contribution in [-0.4, -0.2) is 6.04 Å². The molecular weight excluding hydrogens is 377 g/mol. The van der Waals surface area contributed by atoms with Crippen LogP contribution in [0.4, 0.5) is 0 Å². The van der Waals surface area contributed by atoms with Crippen LogP contribution in [0.2, 0.25) is 10.0 Å². The number of hydrogen-bond donors (Lipinski definition) is 1. The Bertz CT molecular complexity index is 807. The molecule has 0 amide bonds. The van der Waals surface area contributed by atoms with Gasteiger partial charge in [0.05, 0.1) is 11.1 Å². The number of quaternary nitrogens is 1. The molecule has 4 heteroatoms. The number of hydrogen-bond acceptors (Lipinski definition) is 1. The summed E-state index contributed by atoms with van der Waals surface area (Å²) in [6.07, 6.45) is 8.90. The molecule has 6 rings (SSSR count). The van der Waals surface area contributed by atoms with E-state index in [2.05, 4.69) is 18.3 Å². The van der Waals surface area contributed by atoms with Gasteiger partial charge in [0.2, 0.25) is 0 Å². The molecule has 27 heavy (non-hydrogen) atoms. The Balaban J connectivity index is 1.26. The van der Waals surface area contributed by atoms with Crippen molar-refractivity contribution in [2.45, 2.75) is 58.0 Å². The van der Waals surface area contributed by atoms with E-state index in [0.717, 1.165) is 41.4 Å². The molecule has 144 valence electrons. The van der Waals surface area contributed by atoms with Gasteiger partial charge < -0.3 is 9.73 Å². The highest BCUT2D eigenvalue weighted by molar-refractivity contribution is 6.36. The van der Waals surface area contributed by atoms with Crippen molar-refractivity contribution in [3.05, 3.63) is 46.1 Å². The predicted molar refractivity (Wildman–Crippen MR) is 110 cm³/mol. The maximum atomic E-state index is 6.33. The average molecular weight is 405 g/mol. The van der Waals surface area contributed by atoms with Gasteiger partial charge in [-0.15, -0.1) is 0 Å². The summed E-state index contributed by atoms with van der Waals surface area (Å²) in [6.45, 7) is 3.35. The number of nitrogens with two attached hydrogens (primary N) is 1. The first-order valence-electron chi connectivity index (χ1n) is 10.4. The first-order chi connectivity index (χ1) is 13.0. The van der Waals surface area contributed by atoms with Gasteiger partial charge in [0.15, 0.2) is 5.76 Å². The Morgan fingerprint density at radius 2 is 1.70 bits per heavy atom. The highest BCUT2D eigenvalue weighted by Gasteiger charge is 2.54. The summed E-state index contributed by atoms with van der Waals surface area (Å²) in [4.78, 5) is 0. The lowest BCUT2D eigenvalue weighted by Gasteiger charge is -2.57. The molecule has 4 fully saturated rings. The van der Waals surface area contributed by atoms with E-state index in [9.17, 15) is 0 Å². The Morgan fingerprint density at radius 1 is 1.04 bits per heavy atom. The summed E-state index contributed by atoms with van der Waals surface area (Å²) < 4.78 is 6.10. The quantitative estimate of drug-likeness (QED) is 0.657. The lowest BCUT2D eigenvalue weighted by atomic mass is 9.48. The number of benzene rings is 1. The zero-order valence-electron chi connectivity index (χ0n) is 15.9. The smallest absolute Gasteiger partial charge is 0.158 e.